The highest BCUT2D eigenvalue weighted by molar-refractivity contribution is 5.55. The summed E-state index contributed by atoms with van der Waals surface area (Å²) in [6.07, 6.45) is 5.74. The Morgan fingerprint density at radius 3 is 2.94 bits per heavy atom. The molecular weight excluding hydrogens is 214 g/mol. The molecule has 0 amide bonds. The van der Waals surface area contributed by atoms with Crippen LogP contribution in [0.25, 0.3) is 5.52 Å². The molecule has 4 nitrogen and oxygen atoms in total. The summed E-state index contributed by atoms with van der Waals surface area (Å²) in [7, 11) is 0. The van der Waals surface area contributed by atoms with Crippen molar-refractivity contribution in [2.75, 3.05) is 6.61 Å². The summed E-state index contributed by atoms with van der Waals surface area (Å²) >= 11 is 0. The quantitative estimate of drug-likeness (QED) is 0.843. The van der Waals surface area contributed by atoms with Gasteiger partial charge in [-0.25, -0.2) is 4.98 Å². The average Bonchev–Trinajstić information content (AvgIpc) is 2.66. The van der Waals surface area contributed by atoms with E-state index >= 15 is 0 Å². The molecule has 3 rings (SSSR count). The Labute approximate surface area is 100 Å². The first-order chi connectivity index (χ1) is 8.31. The number of aromatic nitrogens is 2. The normalized spacial score (nSPS) is 18.2. The number of nitrogens with zero attached hydrogens (tertiary/aromatic N) is 2. The molecule has 1 fully saturated rings. The third-order valence-corrected chi connectivity index (χ3v) is 3.62. The SMILES string of the molecule is NC(CO)c1nc(C2CCC2)n2ccccc12. The molecule has 90 valence electrons. The van der Waals surface area contributed by atoms with Gasteiger partial charge in [0.2, 0.25) is 0 Å². The summed E-state index contributed by atoms with van der Waals surface area (Å²) in [4.78, 5) is 4.66. The van der Waals surface area contributed by atoms with E-state index in [4.69, 9.17) is 5.73 Å². The van der Waals surface area contributed by atoms with E-state index in [9.17, 15) is 5.11 Å². The third kappa shape index (κ3) is 1.64. The lowest BCUT2D eigenvalue weighted by Crippen LogP contribution is -2.16. The predicted octanol–water partition coefficient (Wildman–Crippen LogP) is 1.59. The van der Waals surface area contributed by atoms with Crippen LogP contribution in [0.4, 0.5) is 0 Å². The Morgan fingerprint density at radius 1 is 1.47 bits per heavy atom. The second-order valence-electron chi connectivity index (χ2n) is 4.73. The Hall–Kier alpha value is -1.39. The van der Waals surface area contributed by atoms with Crippen molar-refractivity contribution in [2.45, 2.75) is 31.2 Å². The molecule has 0 radical (unpaired) electrons. The monoisotopic (exact) mass is 231 g/mol. The fourth-order valence-corrected chi connectivity index (χ4v) is 2.40. The molecule has 17 heavy (non-hydrogen) atoms. The van der Waals surface area contributed by atoms with E-state index in [2.05, 4.69) is 9.38 Å². The van der Waals surface area contributed by atoms with Gasteiger partial charge in [-0.15, -0.1) is 0 Å². The highest BCUT2D eigenvalue weighted by Gasteiger charge is 2.26. The van der Waals surface area contributed by atoms with Crippen LogP contribution in [0, 0.1) is 0 Å². The molecule has 1 aliphatic carbocycles. The van der Waals surface area contributed by atoms with Crippen LogP contribution in [0.15, 0.2) is 24.4 Å². The van der Waals surface area contributed by atoms with Crippen molar-refractivity contribution in [1.29, 1.82) is 0 Å². The number of nitrogens with two attached hydrogens (primary N) is 1. The molecule has 1 unspecified atom stereocenters. The van der Waals surface area contributed by atoms with Gasteiger partial charge >= 0.3 is 0 Å². The van der Waals surface area contributed by atoms with Gasteiger partial charge in [-0.05, 0) is 25.0 Å². The number of hydrogen-bond acceptors (Lipinski definition) is 3. The van der Waals surface area contributed by atoms with E-state index < -0.39 is 0 Å². The highest BCUT2D eigenvalue weighted by Crippen LogP contribution is 2.37. The Kier molecular flexibility index (Phi) is 2.61. The molecule has 2 heterocycles. The van der Waals surface area contributed by atoms with Gasteiger partial charge in [-0.1, -0.05) is 12.5 Å². The van der Waals surface area contributed by atoms with Crippen LogP contribution < -0.4 is 5.73 Å². The van der Waals surface area contributed by atoms with Crippen LogP contribution in [-0.2, 0) is 0 Å². The van der Waals surface area contributed by atoms with Gasteiger partial charge in [0.25, 0.3) is 0 Å². The Balaban J connectivity index is 2.15. The topological polar surface area (TPSA) is 63.5 Å². The van der Waals surface area contributed by atoms with E-state index in [1.165, 1.54) is 19.3 Å². The lowest BCUT2D eigenvalue weighted by atomic mass is 9.85. The van der Waals surface area contributed by atoms with Gasteiger partial charge in [0.05, 0.1) is 23.9 Å². The van der Waals surface area contributed by atoms with Crippen molar-refractivity contribution in [3.05, 3.63) is 35.9 Å². The van der Waals surface area contributed by atoms with E-state index in [0.717, 1.165) is 17.0 Å². The minimum absolute atomic E-state index is 0.0638. The summed E-state index contributed by atoms with van der Waals surface area (Å²) in [5.41, 5.74) is 7.75. The molecule has 0 aliphatic heterocycles. The maximum Gasteiger partial charge on any atom is 0.116 e. The van der Waals surface area contributed by atoms with Gasteiger partial charge in [-0.2, -0.15) is 0 Å². The fourth-order valence-electron chi connectivity index (χ4n) is 2.40. The second-order valence-corrected chi connectivity index (χ2v) is 4.73. The predicted molar refractivity (Wildman–Crippen MR) is 65.8 cm³/mol. The number of fused-ring (bicyclic) bond motifs is 1. The number of hydrogen-bond donors (Lipinski definition) is 2. The van der Waals surface area contributed by atoms with E-state index in [0.29, 0.717) is 5.92 Å². The molecule has 0 aromatic carbocycles. The smallest absolute Gasteiger partial charge is 0.116 e. The summed E-state index contributed by atoms with van der Waals surface area (Å²) in [6, 6.07) is 5.61. The first-order valence-corrected chi connectivity index (χ1v) is 6.14. The number of rotatable bonds is 3. The molecule has 2 aromatic rings. The maximum absolute atomic E-state index is 9.19. The largest absolute Gasteiger partial charge is 0.394 e. The van der Waals surface area contributed by atoms with Gasteiger partial charge in [0.1, 0.15) is 5.82 Å². The first kappa shape index (κ1) is 10.7. The van der Waals surface area contributed by atoms with Crippen molar-refractivity contribution >= 4 is 5.52 Å². The van der Waals surface area contributed by atoms with Gasteiger partial charge in [0.15, 0.2) is 0 Å². The zero-order valence-corrected chi connectivity index (χ0v) is 9.71. The molecule has 0 saturated heterocycles. The third-order valence-electron chi connectivity index (χ3n) is 3.62. The minimum Gasteiger partial charge on any atom is -0.394 e. The van der Waals surface area contributed by atoms with Crippen LogP contribution in [0.3, 0.4) is 0 Å². The van der Waals surface area contributed by atoms with E-state index in [1.807, 2.05) is 24.4 Å². The van der Waals surface area contributed by atoms with Crippen LogP contribution in [0.5, 0.6) is 0 Å². The standard InChI is InChI=1S/C13H17N3O/c14-10(8-17)12-11-6-1-2-7-16(11)13(15-12)9-4-3-5-9/h1-2,6-7,9-10,17H,3-5,8,14H2. The van der Waals surface area contributed by atoms with Crippen molar-refractivity contribution in [3.8, 4) is 0 Å². The molecule has 4 heteroatoms. The summed E-state index contributed by atoms with van der Waals surface area (Å²) in [6.45, 7) is -0.0638. The zero-order valence-electron chi connectivity index (χ0n) is 9.71. The van der Waals surface area contributed by atoms with Gasteiger partial charge in [0, 0.05) is 12.1 Å². The van der Waals surface area contributed by atoms with Gasteiger partial charge < -0.3 is 15.2 Å². The zero-order chi connectivity index (χ0) is 11.8. The number of pyridine rings is 1. The average molecular weight is 231 g/mol. The van der Waals surface area contributed by atoms with Crippen LogP contribution in [-0.4, -0.2) is 21.1 Å². The van der Waals surface area contributed by atoms with Crippen molar-refractivity contribution in [3.63, 3.8) is 0 Å². The Morgan fingerprint density at radius 2 is 2.29 bits per heavy atom. The molecule has 1 aliphatic rings. The molecule has 0 spiro atoms. The molecule has 3 N–H and O–H groups in total. The lowest BCUT2D eigenvalue weighted by molar-refractivity contribution is 0.266. The summed E-state index contributed by atoms with van der Waals surface area (Å²) in [5.74, 6) is 1.66. The Bertz CT molecular complexity index is 492. The molecule has 1 atom stereocenters. The summed E-state index contributed by atoms with van der Waals surface area (Å²) < 4.78 is 2.12. The summed E-state index contributed by atoms with van der Waals surface area (Å²) in [5, 5.41) is 9.19. The number of aliphatic hydroxyl groups is 1. The maximum atomic E-state index is 9.19. The minimum atomic E-state index is -0.388. The fraction of sp³-hybridized carbons (Fsp3) is 0.462. The van der Waals surface area contributed by atoms with Gasteiger partial charge in [-0.3, -0.25) is 0 Å². The highest BCUT2D eigenvalue weighted by atomic mass is 16.3. The van der Waals surface area contributed by atoms with Crippen molar-refractivity contribution < 1.29 is 5.11 Å². The van der Waals surface area contributed by atoms with Crippen LogP contribution in [0.1, 0.15) is 42.7 Å². The molecule has 1 saturated carbocycles. The van der Waals surface area contributed by atoms with E-state index in [1.54, 1.807) is 0 Å². The van der Waals surface area contributed by atoms with Crippen molar-refractivity contribution in [1.82, 2.24) is 9.38 Å². The second kappa shape index (κ2) is 4.13. The molecule has 2 aromatic heterocycles. The first-order valence-electron chi connectivity index (χ1n) is 6.14. The molecule has 0 bridgehead atoms. The van der Waals surface area contributed by atoms with E-state index in [-0.39, 0.29) is 12.6 Å². The number of aliphatic hydroxyl groups excluding tert-OH is 1. The van der Waals surface area contributed by atoms with Crippen LogP contribution in [0.2, 0.25) is 0 Å². The molecular formula is C13H17N3O. The number of imidazole rings is 1. The lowest BCUT2D eigenvalue weighted by Gasteiger charge is -2.23. The van der Waals surface area contributed by atoms with Crippen molar-refractivity contribution in [2.24, 2.45) is 5.73 Å². The van der Waals surface area contributed by atoms with Crippen LogP contribution >= 0.6 is 0 Å².